The number of carboxylic acids is 1. The summed E-state index contributed by atoms with van der Waals surface area (Å²) in [6.07, 6.45) is 0.541. The molecule has 0 spiro atoms. The highest BCUT2D eigenvalue weighted by molar-refractivity contribution is 5.80. The largest absolute Gasteiger partial charge is 0.480 e. The highest BCUT2D eigenvalue weighted by atomic mass is 16.6. The van der Waals surface area contributed by atoms with Gasteiger partial charge in [0.1, 0.15) is 18.2 Å². The molecule has 0 unspecified atom stereocenters. The van der Waals surface area contributed by atoms with E-state index in [-0.39, 0.29) is 31.3 Å². The van der Waals surface area contributed by atoms with Crippen LogP contribution in [-0.4, -0.2) is 41.4 Å². The third kappa shape index (κ3) is 6.57. The first-order chi connectivity index (χ1) is 15.7. The summed E-state index contributed by atoms with van der Waals surface area (Å²) in [5.74, 6) is -1.44. The number of carbonyl (C=O) groups excluding carboxylic acids is 2. The molecule has 0 fully saturated rings. The van der Waals surface area contributed by atoms with E-state index in [4.69, 9.17) is 9.47 Å². The number of amides is 1. The first-order valence-corrected chi connectivity index (χ1v) is 11.2. The van der Waals surface area contributed by atoms with Crippen LogP contribution in [0.4, 0.5) is 4.79 Å². The van der Waals surface area contributed by atoms with E-state index >= 15 is 0 Å². The molecule has 2 aromatic carbocycles. The number of benzene rings is 2. The van der Waals surface area contributed by atoms with Crippen molar-refractivity contribution in [1.82, 2.24) is 5.32 Å². The van der Waals surface area contributed by atoms with Crippen LogP contribution in [0.2, 0.25) is 0 Å². The molecule has 7 nitrogen and oxygen atoms in total. The first kappa shape index (κ1) is 24.3. The number of aliphatic carboxylic acids is 1. The molecule has 1 amide bonds. The number of carboxylic acid groups (broad SMARTS) is 1. The zero-order chi connectivity index (χ0) is 24.0. The van der Waals surface area contributed by atoms with E-state index in [1.165, 1.54) is 11.1 Å². The number of fused-ring (bicyclic) bond motifs is 3. The van der Waals surface area contributed by atoms with E-state index in [2.05, 4.69) is 29.6 Å². The summed E-state index contributed by atoms with van der Waals surface area (Å²) in [6.45, 7) is 5.38. The molecule has 2 N–H and O–H groups in total. The molecule has 0 heterocycles. The zero-order valence-corrected chi connectivity index (χ0v) is 19.3. The van der Waals surface area contributed by atoms with Crippen LogP contribution < -0.4 is 5.32 Å². The van der Waals surface area contributed by atoms with Crippen LogP contribution in [0.25, 0.3) is 11.1 Å². The van der Waals surface area contributed by atoms with E-state index in [1.54, 1.807) is 20.8 Å². The minimum Gasteiger partial charge on any atom is -0.480 e. The number of rotatable bonds is 9. The zero-order valence-electron chi connectivity index (χ0n) is 19.3. The van der Waals surface area contributed by atoms with Crippen molar-refractivity contribution >= 4 is 18.0 Å². The van der Waals surface area contributed by atoms with Crippen LogP contribution in [0, 0.1) is 0 Å². The third-order valence-corrected chi connectivity index (χ3v) is 5.49. The number of esters is 1. The standard InChI is InChI=1S/C26H31NO6/c1-26(2,3)33-25(31)27-22(24(29)30)14-8-9-15-23(28)32-16-21-19-12-6-4-10-17(19)18-11-5-7-13-20(18)21/h4-7,10-13,21-22H,8-9,14-16H2,1-3H3,(H,27,31)(H,29,30)/t22-/m0/s1. The van der Waals surface area contributed by atoms with Crippen molar-refractivity contribution in [3.8, 4) is 11.1 Å². The van der Waals surface area contributed by atoms with E-state index in [0.717, 1.165) is 11.1 Å². The molecule has 0 saturated carbocycles. The van der Waals surface area contributed by atoms with Gasteiger partial charge in [0.2, 0.25) is 0 Å². The van der Waals surface area contributed by atoms with Gasteiger partial charge in [0.05, 0.1) is 0 Å². The van der Waals surface area contributed by atoms with Gasteiger partial charge in [-0.1, -0.05) is 55.0 Å². The monoisotopic (exact) mass is 453 g/mol. The molecule has 0 saturated heterocycles. The lowest BCUT2D eigenvalue weighted by molar-refractivity contribution is -0.144. The van der Waals surface area contributed by atoms with Gasteiger partial charge in [-0.2, -0.15) is 0 Å². The van der Waals surface area contributed by atoms with Crippen molar-refractivity contribution in [2.45, 2.75) is 64.0 Å². The van der Waals surface area contributed by atoms with Crippen molar-refractivity contribution in [3.63, 3.8) is 0 Å². The van der Waals surface area contributed by atoms with Crippen LogP contribution in [0.15, 0.2) is 48.5 Å². The molecule has 7 heteroatoms. The minimum atomic E-state index is -1.14. The number of carbonyl (C=O) groups is 3. The highest BCUT2D eigenvalue weighted by Crippen LogP contribution is 2.44. The Labute approximate surface area is 194 Å². The Bertz CT molecular complexity index is 964. The van der Waals surface area contributed by atoms with Crippen molar-refractivity contribution in [2.24, 2.45) is 0 Å². The fourth-order valence-electron chi connectivity index (χ4n) is 4.01. The summed E-state index contributed by atoms with van der Waals surface area (Å²) in [5.41, 5.74) is 3.95. The number of ether oxygens (including phenoxy) is 2. The Morgan fingerprint density at radius 2 is 1.55 bits per heavy atom. The summed E-state index contributed by atoms with van der Waals surface area (Å²) in [5, 5.41) is 11.7. The van der Waals surface area contributed by atoms with Gasteiger partial charge in [0, 0.05) is 12.3 Å². The molecule has 0 radical (unpaired) electrons. The van der Waals surface area contributed by atoms with Gasteiger partial charge in [-0.25, -0.2) is 9.59 Å². The average Bonchev–Trinajstić information content (AvgIpc) is 3.07. The summed E-state index contributed by atoms with van der Waals surface area (Å²) in [4.78, 5) is 35.6. The molecular weight excluding hydrogens is 422 g/mol. The van der Waals surface area contributed by atoms with Crippen LogP contribution in [0.5, 0.6) is 0 Å². The van der Waals surface area contributed by atoms with E-state index in [1.807, 2.05) is 24.3 Å². The quantitative estimate of drug-likeness (QED) is 0.414. The number of alkyl carbamates (subject to hydrolysis) is 1. The maximum atomic E-state index is 12.3. The second kappa shape index (κ2) is 10.5. The number of hydrogen-bond donors (Lipinski definition) is 2. The predicted molar refractivity (Wildman–Crippen MR) is 124 cm³/mol. The van der Waals surface area contributed by atoms with Crippen molar-refractivity contribution in [2.75, 3.05) is 6.61 Å². The SMILES string of the molecule is CC(C)(C)OC(=O)N[C@@H](CCCCC(=O)OCC1c2ccccc2-c2ccccc21)C(=O)O. The predicted octanol–water partition coefficient (Wildman–Crippen LogP) is 4.88. The Kier molecular flexibility index (Phi) is 7.74. The number of nitrogens with one attached hydrogen (secondary N) is 1. The smallest absolute Gasteiger partial charge is 0.408 e. The molecule has 0 aromatic heterocycles. The molecule has 33 heavy (non-hydrogen) atoms. The summed E-state index contributed by atoms with van der Waals surface area (Å²) < 4.78 is 10.7. The molecule has 3 rings (SSSR count). The van der Waals surface area contributed by atoms with E-state index < -0.39 is 23.7 Å². The summed E-state index contributed by atoms with van der Waals surface area (Å²) in [6, 6.07) is 15.2. The molecule has 0 bridgehead atoms. The van der Waals surface area contributed by atoms with Crippen LogP contribution in [0.3, 0.4) is 0 Å². The normalized spacial score (nSPS) is 13.5. The fourth-order valence-corrected chi connectivity index (χ4v) is 4.01. The fraction of sp³-hybridized carbons (Fsp3) is 0.423. The third-order valence-electron chi connectivity index (χ3n) is 5.49. The molecule has 1 atom stereocenters. The van der Waals surface area contributed by atoms with E-state index in [0.29, 0.717) is 12.8 Å². The Morgan fingerprint density at radius 3 is 2.09 bits per heavy atom. The van der Waals surface area contributed by atoms with Gasteiger partial charge in [-0.05, 0) is 55.9 Å². The topological polar surface area (TPSA) is 102 Å². The van der Waals surface area contributed by atoms with Crippen LogP contribution in [0.1, 0.15) is 63.5 Å². The average molecular weight is 454 g/mol. The van der Waals surface area contributed by atoms with Crippen LogP contribution >= 0.6 is 0 Å². The van der Waals surface area contributed by atoms with Crippen molar-refractivity contribution in [3.05, 3.63) is 59.7 Å². The first-order valence-electron chi connectivity index (χ1n) is 11.2. The number of hydrogen-bond acceptors (Lipinski definition) is 5. The molecule has 2 aromatic rings. The van der Waals surface area contributed by atoms with Gasteiger partial charge in [0.15, 0.2) is 0 Å². The highest BCUT2D eigenvalue weighted by Gasteiger charge is 2.29. The van der Waals surface area contributed by atoms with Gasteiger partial charge in [-0.3, -0.25) is 4.79 Å². The summed E-state index contributed by atoms with van der Waals surface area (Å²) in [7, 11) is 0. The molecule has 1 aliphatic rings. The molecule has 176 valence electrons. The maximum Gasteiger partial charge on any atom is 0.408 e. The summed E-state index contributed by atoms with van der Waals surface area (Å²) >= 11 is 0. The minimum absolute atomic E-state index is 0.00997. The van der Waals surface area contributed by atoms with Gasteiger partial charge in [0.25, 0.3) is 0 Å². The second-order valence-electron chi connectivity index (χ2n) is 9.19. The van der Waals surface area contributed by atoms with Crippen LogP contribution in [-0.2, 0) is 19.1 Å². The molecular formula is C26H31NO6. The Morgan fingerprint density at radius 1 is 0.970 bits per heavy atom. The van der Waals surface area contributed by atoms with Crippen molar-refractivity contribution < 1.29 is 29.0 Å². The van der Waals surface area contributed by atoms with Gasteiger partial charge in [-0.15, -0.1) is 0 Å². The van der Waals surface area contributed by atoms with Gasteiger partial charge < -0.3 is 19.9 Å². The lowest BCUT2D eigenvalue weighted by atomic mass is 9.98. The van der Waals surface area contributed by atoms with E-state index in [9.17, 15) is 19.5 Å². The Hall–Kier alpha value is -3.35. The number of unbranched alkanes of at least 4 members (excludes halogenated alkanes) is 1. The lowest BCUT2D eigenvalue weighted by Gasteiger charge is -2.22. The lowest BCUT2D eigenvalue weighted by Crippen LogP contribution is -2.43. The maximum absolute atomic E-state index is 12.3. The second-order valence-corrected chi connectivity index (χ2v) is 9.19. The molecule has 0 aliphatic heterocycles. The Balaban J connectivity index is 1.45. The van der Waals surface area contributed by atoms with Crippen molar-refractivity contribution in [1.29, 1.82) is 0 Å². The molecule has 1 aliphatic carbocycles. The van der Waals surface area contributed by atoms with Gasteiger partial charge >= 0.3 is 18.0 Å².